The van der Waals surface area contributed by atoms with Gasteiger partial charge in [0, 0.05) is 36.3 Å². The minimum absolute atomic E-state index is 0. The zero-order chi connectivity index (χ0) is 19.9. The highest BCUT2D eigenvalue weighted by molar-refractivity contribution is 8.93. The van der Waals surface area contributed by atoms with Crippen molar-refractivity contribution in [1.82, 2.24) is 0 Å². The second-order valence-corrected chi connectivity index (χ2v) is 6.62. The molecule has 0 unspecified atom stereocenters. The molecule has 29 heavy (non-hydrogen) atoms. The van der Waals surface area contributed by atoms with E-state index >= 15 is 0 Å². The third-order valence-electron chi connectivity index (χ3n) is 4.73. The quantitative estimate of drug-likeness (QED) is 0.348. The van der Waals surface area contributed by atoms with Crippen LogP contribution in [0.25, 0.3) is 0 Å². The number of ether oxygens (including phenoxy) is 1. The second-order valence-electron chi connectivity index (χ2n) is 6.62. The molecule has 1 aliphatic heterocycles. The van der Waals surface area contributed by atoms with Crippen molar-refractivity contribution in [3.63, 3.8) is 0 Å². The molecular weight excluding hydrogens is 438 g/mol. The number of nitrogens with zero attached hydrogens (tertiary/aromatic N) is 3. The smallest absolute Gasteiger partial charge is 0.270 e. The molecule has 0 N–H and O–H groups in total. The van der Waals surface area contributed by atoms with Crippen LogP contribution in [-0.2, 0) is 0 Å². The largest absolute Gasteiger partial charge is 0.497 e. The Labute approximate surface area is 180 Å². The number of anilines is 1. The van der Waals surface area contributed by atoms with Gasteiger partial charge < -0.3 is 9.64 Å². The van der Waals surface area contributed by atoms with E-state index in [9.17, 15) is 14.9 Å². The number of non-ortho nitro benzene ring substituents is 1. The van der Waals surface area contributed by atoms with Gasteiger partial charge in [0.05, 0.1) is 18.6 Å². The SMILES string of the molecule is Br.COc1ccc(N(CC(=O)c2cccc([N+](=O)[O-])c2)C2=NCCCCC2)cc1. The molecule has 0 spiro atoms. The van der Waals surface area contributed by atoms with E-state index in [1.807, 2.05) is 29.2 Å². The van der Waals surface area contributed by atoms with Gasteiger partial charge in [-0.15, -0.1) is 17.0 Å². The Bertz CT molecular complexity index is 884. The van der Waals surface area contributed by atoms with E-state index in [4.69, 9.17) is 4.74 Å². The number of Topliss-reactive ketones (excluding diaryl/α,β-unsaturated/α-hetero) is 1. The van der Waals surface area contributed by atoms with Crippen LogP contribution in [0.15, 0.2) is 53.5 Å². The van der Waals surface area contributed by atoms with Gasteiger partial charge in [0.25, 0.3) is 5.69 Å². The lowest BCUT2D eigenvalue weighted by Crippen LogP contribution is -2.36. The Balaban J connectivity index is 0.00000300. The standard InChI is InChI=1S/C21H23N3O4.BrH/c1-28-19-11-9-17(10-12-19)23(21-8-3-2-4-13-22-21)15-20(25)16-6-5-7-18(14-16)24(26)27;/h5-7,9-12,14H,2-4,8,13,15H2,1H3;1H. The van der Waals surface area contributed by atoms with Gasteiger partial charge in [0.1, 0.15) is 11.6 Å². The van der Waals surface area contributed by atoms with E-state index in [2.05, 4.69) is 4.99 Å². The van der Waals surface area contributed by atoms with E-state index < -0.39 is 4.92 Å². The number of nitro groups is 1. The molecule has 2 aromatic rings. The molecule has 3 rings (SSSR count). The molecule has 8 heteroatoms. The zero-order valence-electron chi connectivity index (χ0n) is 16.2. The number of nitro benzene ring substituents is 1. The Morgan fingerprint density at radius 1 is 1.17 bits per heavy atom. The summed E-state index contributed by atoms with van der Waals surface area (Å²) in [5.74, 6) is 1.42. The van der Waals surface area contributed by atoms with Crippen LogP contribution in [0.5, 0.6) is 5.75 Å². The molecule has 154 valence electrons. The van der Waals surface area contributed by atoms with Crippen LogP contribution in [0.1, 0.15) is 36.0 Å². The van der Waals surface area contributed by atoms with Crippen molar-refractivity contribution in [2.75, 3.05) is 25.1 Å². The van der Waals surface area contributed by atoms with Crippen molar-refractivity contribution in [1.29, 1.82) is 0 Å². The van der Waals surface area contributed by atoms with Crippen molar-refractivity contribution in [3.05, 3.63) is 64.2 Å². The maximum Gasteiger partial charge on any atom is 0.270 e. The van der Waals surface area contributed by atoms with Crippen LogP contribution < -0.4 is 9.64 Å². The van der Waals surface area contributed by atoms with Gasteiger partial charge in [-0.05, 0) is 37.1 Å². The monoisotopic (exact) mass is 461 g/mol. The van der Waals surface area contributed by atoms with Gasteiger partial charge in [-0.1, -0.05) is 18.6 Å². The third-order valence-corrected chi connectivity index (χ3v) is 4.73. The van der Waals surface area contributed by atoms with Crippen molar-refractivity contribution in [3.8, 4) is 5.75 Å². The number of carbonyl (C=O) groups is 1. The fraction of sp³-hybridized carbons (Fsp3) is 0.333. The topological polar surface area (TPSA) is 85.0 Å². The van der Waals surface area contributed by atoms with Crippen LogP contribution in [0, 0.1) is 10.1 Å². The van der Waals surface area contributed by atoms with Crippen molar-refractivity contribution in [2.24, 2.45) is 4.99 Å². The van der Waals surface area contributed by atoms with Gasteiger partial charge in [-0.25, -0.2) is 0 Å². The molecule has 0 saturated heterocycles. The lowest BCUT2D eigenvalue weighted by atomic mass is 10.1. The van der Waals surface area contributed by atoms with Gasteiger partial charge in [0.15, 0.2) is 5.78 Å². The lowest BCUT2D eigenvalue weighted by molar-refractivity contribution is -0.384. The van der Waals surface area contributed by atoms with Crippen molar-refractivity contribution < 1.29 is 14.5 Å². The summed E-state index contributed by atoms with van der Waals surface area (Å²) < 4.78 is 5.22. The third kappa shape index (κ3) is 5.87. The summed E-state index contributed by atoms with van der Waals surface area (Å²) in [5, 5.41) is 11.0. The van der Waals surface area contributed by atoms with Crippen LogP contribution in [0.3, 0.4) is 0 Å². The van der Waals surface area contributed by atoms with Crippen LogP contribution in [-0.4, -0.2) is 36.7 Å². The molecule has 0 aliphatic carbocycles. The van der Waals surface area contributed by atoms with Gasteiger partial charge in [-0.2, -0.15) is 0 Å². The molecule has 0 atom stereocenters. The van der Waals surface area contributed by atoms with Crippen LogP contribution in [0.4, 0.5) is 11.4 Å². The maximum atomic E-state index is 12.9. The first-order chi connectivity index (χ1) is 13.6. The highest BCUT2D eigenvalue weighted by Gasteiger charge is 2.20. The Kier molecular flexibility index (Phi) is 8.33. The summed E-state index contributed by atoms with van der Waals surface area (Å²) in [6.45, 7) is 0.819. The Morgan fingerprint density at radius 2 is 1.93 bits per heavy atom. The number of benzene rings is 2. The number of rotatable bonds is 6. The highest BCUT2D eigenvalue weighted by Crippen LogP contribution is 2.23. The fourth-order valence-electron chi connectivity index (χ4n) is 3.20. The van der Waals surface area contributed by atoms with E-state index in [1.165, 1.54) is 18.2 Å². The van der Waals surface area contributed by atoms with Crippen LogP contribution >= 0.6 is 17.0 Å². The highest BCUT2D eigenvalue weighted by atomic mass is 79.9. The minimum Gasteiger partial charge on any atom is -0.497 e. The summed E-state index contributed by atoms with van der Waals surface area (Å²) in [6, 6.07) is 13.3. The molecule has 0 amide bonds. The molecular formula is C21H24BrN3O4. The first-order valence-corrected chi connectivity index (χ1v) is 9.31. The predicted octanol–water partition coefficient (Wildman–Crippen LogP) is 4.84. The molecule has 0 bridgehead atoms. The molecule has 0 radical (unpaired) electrons. The number of halogens is 1. The van der Waals surface area contributed by atoms with E-state index in [0.29, 0.717) is 5.56 Å². The fourth-order valence-corrected chi connectivity index (χ4v) is 3.20. The van der Waals surface area contributed by atoms with E-state index in [1.54, 1.807) is 13.2 Å². The van der Waals surface area contributed by atoms with E-state index in [0.717, 1.165) is 49.5 Å². The molecule has 1 aliphatic rings. The second kappa shape index (κ2) is 10.7. The zero-order valence-corrected chi connectivity index (χ0v) is 18.0. The number of aliphatic imine (C=N–C) groups is 1. The predicted molar refractivity (Wildman–Crippen MR) is 119 cm³/mol. The molecule has 0 fully saturated rings. The van der Waals surface area contributed by atoms with E-state index in [-0.39, 0.29) is 35.0 Å². The van der Waals surface area contributed by atoms with Crippen molar-refractivity contribution in [2.45, 2.75) is 25.7 Å². The average Bonchev–Trinajstić information content (AvgIpc) is 3.01. The summed E-state index contributed by atoms with van der Waals surface area (Å²) in [4.78, 5) is 30.0. The summed E-state index contributed by atoms with van der Waals surface area (Å²) in [6.07, 6.45) is 3.98. The molecule has 2 aromatic carbocycles. The number of hydrogen-bond acceptors (Lipinski definition) is 6. The van der Waals surface area contributed by atoms with Gasteiger partial charge >= 0.3 is 0 Å². The first kappa shape index (κ1) is 22.5. The lowest BCUT2D eigenvalue weighted by Gasteiger charge is -2.25. The number of ketones is 1. The normalized spacial score (nSPS) is 13.5. The number of amidine groups is 1. The maximum absolute atomic E-state index is 12.9. The molecule has 0 aromatic heterocycles. The summed E-state index contributed by atoms with van der Waals surface area (Å²) in [5.41, 5.74) is 1.08. The average molecular weight is 462 g/mol. The van der Waals surface area contributed by atoms with Crippen LogP contribution in [0.2, 0.25) is 0 Å². The van der Waals surface area contributed by atoms with Gasteiger partial charge in [-0.3, -0.25) is 19.9 Å². The molecule has 7 nitrogen and oxygen atoms in total. The summed E-state index contributed by atoms with van der Waals surface area (Å²) >= 11 is 0. The van der Waals surface area contributed by atoms with Crippen molar-refractivity contribution >= 4 is 40.0 Å². The Hall–Kier alpha value is -2.74. The number of methoxy groups -OCH3 is 1. The number of hydrogen-bond donors (Lipinski definition) is 0. The summed E-state index contributed by atoms with van der Waals surface area (Å²) in [7, 11) is 1.61. The minimum atomic E-state index is -0.493. The molecule has 0 saturated carbocycles. The van der Waals surface area contributed by atoms with Gasteiger partial charge in [0.2, 0.25) is 0 Å². The first-order valence-electron chi connectivity index (χ1n) is 9.31. The number of carbonyl (C=O) groups excluding carboxylic acids is 1. The Morgan fingerprint density at radius 3 is 2.62 bits per heavy atom. The molecule has 1 heterocycles.